The fourth-order valence-electron chi connectivity index (χ4n) is 3.82. The minimum absolute atomic E-state index is 0.0209. The van der Waals surface area contributed by atoms with Gasteiger partial charge in [0.15, 0.2) is 0 Å². The Bertz CT molecular complexity index is 904. The van der Waals surface area contributed by atoms with Crippen LogP contribution in [0.3, 0.4) is 0 Å². The third-order valence-electron chi connectivity index (χ3n) is 5.21. The Labute approximate surface area is 157 Å². The highest BCUT2D eigenvalue weighted by Crippen LogP contribution is 2.25. The number of carbonyl (C=O) groups is 3. The highest BCUT2D eigenvalue weighted by atomic mass is 16.3. The highest BCUT2D eigenvalue weighted by molar-refractivity contribution is 6.21. The molecule has 1 fully saturated rings. The second kappa shape index (κ2) is 6.63. The smallest absolute Gasteiger partial charge is 0.261 e. The van der Waals surface area contributed by atoms with Crippen LogP contribution in [0.5, 0.6) is 0 Å². The van der Waals surface area contributed by atoms with Crippen LogP contribution in [0, 0.1) is 0 Å². The average Bonchev–Trinajstić information content (AvgIpc) is 3.13. The lowest BCUT2D eigenvalue weighted by Gasteiger charge is -2.21. The first-order valence-corrected chi connectivity index (χ1v) is 8.99. The van der Waals surface area contributed by atoms with E-state index in [-0.39, 0.29) is 30.3 Å². The summed E-state index contributed by atoms with van der Waals surface area (Å²) in [5, 5.41) is 9.78. The van der Waals surface area contributed by atoms with E-state index >= 15 is 0 Å². The average molecular weight is 364 g/mol. The molecule has 27 heavy (non-hydrogen) atoms. The third kappa shape index (κ3) is 3.02. The first kappa shape index (κ1) is 17.4. The number of nitrogens with zero attached hydrogens (tertiary/aromatic N) is 2. The van der Waals surface area contributed by atoms with Crippen LogP contribution in [-0.4, -0.2) is 51.3 Å². The maximum atomic E-state index is 12.8. The molecule has 2 heterocycles. The molecule has 0 aromatic heterocycles. The fraction of sp³-hybridized carbons (Fsp3) is 0.286. The molecule has 2 atom stereocenters. The maximum absolute atomic E-state index is 12.8. The van der Waals surface area contributed by atoms with Crippen LogP contribution >= 0.6 is 0 Å². The molecule has 0 spiro atoms. The first-order chi connectivity index (χ1) is 13.0. The molecular weight excluding hydrogens is 344 g/mol. The Morgan fingerprint density at radius 2 is 1.74 bits per heavy atom. The molecule has 0 radical (unpaired) electrons. The summed E-state index contributed by atoms with van der Waals surface area (Å²) >= 11 is 0. The number of likely N-dealkylation sites (tertiary alicyclic amines) is 1. The number of rotatable bonds is 3. The molecule has 3 amide bonds. The van der Waals surface area contributed by atoms with Crippen molar-refractivity contribution in [3.8, 4) is 0 Å². The summed E-state index contributed by atoms with van der Waals surface area (Å²) in [6, 6.07) is 13.7. The van der Waals surface area contributed by atoms with E-state index < -0.39 is 6.10 Å². The number of carbonyl (C=O) groups excluding carboxylic acids is 3. The van der Waals surface area contributed by atoms with Crippen LogP contribution < -0.4 is 0 Å². The van der Waals surface area contributed by atoms with Gasteiger partial charge in [-0.2, -0.15) is 0 Å². The van der Waals surface area contributed by atoms with Gasteiger partial charge in [-0.15, -0.1) is 0 Å². The number of benzene rings is 2. The zero-order valence-corrected chi connectivity index (χ0v) is 15.0. The van der Waals surface area contributed by atoms with Crippen molar-refractivity contribution in [3.05, 3.63) is 70.8 Å². The third-order valence-corrected chi connectivity index (χ3v) is 5.21. The molecule has 0 aliphatic carbocycles. The summed E-state index contributed by atoms with van der Waals surface area (Å²) < 4.78 is 0. The van der Waals surface area contributed by atoms with E-state index in [9.17, 15) is 19.5 Å². The Morgan fingerprint density at radius 1 is 1.07 bits per heavy atom. The molecule has 2 aromatic carbocycles. The molecule has 2 aliphatic rings. The number of aliphatic hydroxyl groups excluding tert-OH is 1. The Hall–Kier alpha value is -2.99. The molecular formula is C21H20N2O4. The first-order valence-electron chi connectivity index (χ1n) is 8.99. The Morgan fingerprint density at radius 3 is 2.33 bits per heavy atom. The van der Waals surface area contributed by atoms with Crippen LogP contribution in [0.1, 0.15) is 50.0 Å². The van der Waals surface area contributed by atoms with E-state index in [4.69, 9.17) is 0 Å². The van der Waals surface area contributed by atoms with Crippen molar-refractivity contribution in [2.75, 3.05) is 6.54 Å². The molecule has 2 aromatic rings. The van der Waals surface area contributed by atoms with Crippen LogP contribution in [0.15, 0.2) is 48.5 Å². The summed E-state index contributed by atoms with van der Waals surface area (Å²) in [4.78, 5) is 40.7. The van der Waals surface area contributed by atoms with E-state index in [0.717, 1.165) is 0 Å². The lowest BCUT2D eigenvalue weighted by atomic mass is 10.1. The Kier molecular flexibility index (Phi) is 4.28. The number of amides is 3. The maximum Gasteiger partial charge on any atom is 0.261 e. The van der Waals surface area contributed by atoms with E-state index in [1.54, 1.807) is 53.4 Å². The molecule has 1 saturated heterocycles. The van der Waals surface area contributed by atoms with E-state index in [0.29, 0.717) is 35.2 Å². The van der Waals surface area contributed by atoms with Gasteiger partial charge in [0.05, 0.1) is 23.8 Å². The molecule has 0 saturated carbocycles. The molecule has 2 aliphatic heterocycles. The van der Waals surface area contributed by atoms with Crippen molar-refractivity contribution in [2.45, 2.75) is 32.0 Å². The standard InChI is InChI=1S/C21H20N2O4/c1-13-9-16(24)12-22(13)19(25)15-6-4-5-14(10-15)11-23-20(26)17-7-2-3-8-18(17)21(23)27/h2-8,10,13,16,24H,9,11-12H2,1H3/t13-,16+/m0/s1. The van der Waals surface area contributed by atoms with Gasteiger partial charge in [0.25, 0.3) is 17.7 Å². The zero-order chi connectivity index (χ0) is 19.1. The molecule has 4 rings (SSSR count). The summed E-state index contributed by atoms with van der Waals surface area (Å²) in [5.41, 5.74) is 2.03. The van der Waals surface area contributed by atoms with Gasteiger partial charge >= 0.3 is 0 Å². The second-order valence-corrected chi connectivity index (χ2v) is 7.14. The minimum Gasteiger partial charge on any atom is -0.391 e. The van der Waals surface area contributed by atoms with Gasteiger partial charge in [-0.05, 0) is 43.2 Å². The second-order valence-electron chi connectivity index (χ2n) is 7.14. The van der Waals surface area contributed by atoms with E-state index in [1.165, 1.54) is 4.90 Å². The van der Waals surface area contributed by atoms with Crippen LogP contribution in [0.2, 0.25) is 0 Å². The highest BCUT2D eigenvalue weighted by Gasteiger charge is 2.35. The molecule has 6 nitrogen and oxygen atoms in total. The number of aliphatic hydroxyl groups is 1. The van der Waals surface area contributed by atoms with Crippen LogP contribution in [-0.2, 0) is 6.54 Å². The topological polar surface area (TPSA) is 77.9 Å². The van der Waals surface area contributed by atoms with Crippen molar-refractivity contribution in [3.63, 3.8) is 0 Å². The van der Waals surface area contributed by atoms with Crippen molar-refractivity contribution >= 4 is 17.7 Å². The Balaban J connectivity index is 1.55. The fourth-order valence-corrected chi connectivity index (χ4v) is 3.82. The van der Waals surface area contributed by atoms with Gasteiger partial charge in [0, 0.05) is 18.2 Å². The van der Waals surface area contributed by atoms with Gasteiger partial charge in [-0.25, -0.2) is 0 Å². The van der Waals surface area contributed by atoms with Crippen molar-refractivity contribution in [1.82, 2.24) is 9.80 Å². The van der Waals surface area contributed by atoms with Gasteiger partial charge in [0.1, 0.15) is 0 Å². The lowest BCUT2D eigenvalue weighted by molar-refractivity contribution is 0.0642. The van der Waals surface area contributed by atoms with Gasteiger partial charge in [-0.1, -0.05) is 24.3 Å². The predicted octanol–water partition coefficient (Wildman–Crippen LogP) is 2.08. The molecule has 6 heteroatoms. The molecule has 0 bridgehead atoms. The number of hydrogen-bond acceptors (Lipinski definition) is 4. The summed E-state index contributed by atoms with van der Waals surface area (Å²) in [5.74, 6) is -0.782. The van der Waals surface area contributed by atoms with Gasteiger partial charge in [0.2, 0.25) is 0 Å². The normalized spacial score (nSPS) is 21.7. The van der Waals surface area contributed by atoms with Crippen molar-refractivity contribution in [2.24, 2.45) is 0 Å². The summed E-state index contributed by atoms with van der Waals surface area (Å²) in [6.07, 6.45) is 0.0750. The summed E-state index contributed by atoms with van der Waals surface area (Å²) in [6.45, 7) is 2.35. The number of hydrogen-bond donors (Lipinski definition) is 1. The zero-order valence-electron chi connectivity index (χ0n) is 15.0. The van der Waals surface area contributed by atoms with Crippen LogP contribution in [0.25, 0.3) is 0 Å². The number of fused-ring (bicyclic) bond motifs is 1. The van der Waals surface area contributed by atoms with Crippen LogP contribution in [0.4, 0.5) is 0 Å². The summed E-state index contributed by atoms with van der Waals surface area (Å²) in [7, 11) is 0. The van der Waals surface area contributed by atoms with E-state index in [2.05, 4.69) is 0 Å². The minimum atomic E-state index is -0.495. The monoisotopic (exact) mass is 364 g/mol. The molecule has 138 valence electrons. The number of β-amino-alcohol motifs (C(OH)–C–C–N with tert-alkyl or cyclic N) is 1. The lowest BCUT2D eigenvalue weighted by Crippen LogP contribution is -2.34. The van der Waals surface area contributed by atoms with Crippen molar-refractivity contribution < 1.29 is 19.5 Å². The predicted molar refractivity (Wildman–Crippen MR) is 98.2 cm³/mol. The SMILES string of the molecule is C[C@H]1C[C@@H](O)CN1C(=O)c1cccc(CN2C(=O)c3ccccc3C2=O)c1. The molecule has 0 unspecified atom stereocenters. The van der Waals surface area contributed by atoms with Gasteiger partial charge in [-0.3, -0.25) is 19.3 Å². The quantitative estimate of drug-likeness (QED) is 0.846. The van der Waals surface area contributed by atoms with E-state index in [1.807, 2.05) is 6.92 Å². The number of imide groups is 1. The molecule has 1 N–H and O–H groups in total. The van der Waals surface area contributed by atoms with Gasteiger partial charge < -0.3 is 10.0 Å². The largest absolute Gasteiger partial charge is 0.391 e. The van der Waals surface area contributed by atoms with Crippen molar-refractivity contribution in [1.29, 1.82) is 0 Å².